The molecule has 0 aliphatic carbocycles. The van der Waals surface area contributed by atoms with Gasteiger partial charge in [0.05, 0.1) is 29.5 Å². The van der Waals surface area contributed by atoms with Gasteiger partial charge in [-0.2, -0.15) is 0 Å². The van der Waals surface area contributed by atoms with Crippen LogP contribution in [0.1, 0.15) is 41.5 Å². The molecule has 0 fully saturated rings. The third-order valence-corrected chi connectivity index (χ3v) is 13.3. The number of benzene rings is 3. The van der Waals surface area contributed by atoms with E-state index in [0.29, 0.717) is 0 Å². The van der Waals surface area contributed by atoms with E-state index >= 15 is 0 Å². The molecule has 302 valence electrons. The topological polar surface area (TPSA) is 271 Å². The van der Waals surface area contributed by atoms with E-state index in [1.54, 1.807) is 46.4 Å². The van der Waals surface area contributed by atoms with Crippen LogP contribution in [-0.2, 0) is 30.1 Å². The highest BCUT2D eigenvalue weighted by Crippen LogP contribution is 2.22. The molecule has 0 spiro atoms. The highest BCUT2D eigenvalue weighted by Gasteiger charge is 2.32. The van der Waals surface area contributed by atoms with Crippen LogP contribution in [0.15, 0.2) is 87.5 Å². The van der Waals surface area contributed by atoms with Crippen molar-refractivity contribution in [3.05, 3.63) is 103 Å². The van der Waals surface area contributed by atoms with Crippen LogP contribution in [0, 0.1) is 48.1 Å². The largest absolute Gasteiger partial charge is 0.299 e. The van der Waals surface area contributed by atoms with E-state index in [1.165, 1.54) is 0 Å². The molecule has 0 radical (unpaired) electrons. The number of nitrogens with zero attached hydrogens (tertiary/aromatic N) is 4. The number of rotatable bonds is 21. The SMILES string of the molecule is CC(C)[C@@H](CN(C[C@@H](NS(=O)(=O)c1ccc([N+](=O)[O-])cc1)C(C)C)C[C@@H](NS(=O)(=O)c1ccc([N+](=O)[O-])cc1)C(C)C)NS(=O)(=O)c1ccc([N+](=O)[O-])cc1. The Bertz CT molecular complexity index is 1900. The summed E-state index contributed by atoms with van der Waals surface area (Å²) in [7, 11) is -12.7. The van der Waals surface area contributed by atoms with E-state index in [1.807, 2.05) is 0 Å². The molecule has 0 aliphatic heterocycles. The van der Waals surface area contributed by atoms with Gasteiger partial charge in [0.2, 0.25) is 30.1 Å². The second kappa shape index (κ2) is 18.5. The molecule has 0 heterocycles. The molecule has 0 saturated carbocycles. The quantitative estimate of drug-likeness (QED) is 0.101. The monoisotopic (exact) mass is 827 g/mol. The summed E-state index contributed by atoms with van der Waals surface area (Å²) in [6.07, 6.45) is 0. The van der Waals surface area contributed by atoms with Gasteiger partial charge in [-0.3, -0.25) is 35.2 Å². The van der Waals surface area contributed by atoms with Gasteiger partial charge in [-0.25, -0.2) is 39.4 Å². The van der Waals surface area contributed by atoms with Crippen molar-refractivity contribution in [2.45, 2.75) is 74.4 Å². The highest BCUT2D eigenvalue weighted by atomic mass is 32.2. The van der Waals surface area contributed by atoms with Crippen LogP contribution in [0.3, 0.4) is 0 Å². The van der Waals surface area contributed by atoms with Gasteiger partial charge < -0.3 is 0 Å². The van der Waals surface area contributed by atoms with Gasteiger partial charge >= 0.3 is 0 Å². The number of nitrogens with one attached hydrogen (secondary N) is 3. The summed E-state index contributed by atoms with van der Waals surface area (Å²) in [5, 5.41) is 33.4. The average Bonchev–Trinajstić information content (AvgIpc) is 3.10. The van der Waals surface area contributed by atoms with Crippen molar-refractivity contribution in [3.8, 4) is 0 Å². The van der Waals surface area contributed by atoms with Crippen molar-refractivity contribution in [2.75, 3.05) is 19.6 Å². The van der Waals surface area contributed by atoms with Crippen LogP contribution in [0.25, 0.3) is 0 Å². The zero-order valence-corrected chi connectivity index (χ0v) is 33.4. The number of nitro groups is 3. The normalized spacial score (nSPS) is 14.3. The second-order valence-electron chi connectivity index (χ2n) is 13.9. The Hall–Kier alpha value is -4.45. The summed E-state index contributed by atoms with van der Waals surface area (Å²) in [4.78, 5) is 32.4. The maximum atomic E-state index is 13.5. The van der Waals surface area contributed by atoms with Crippen molar-refractivity contribution >= 4 is 47.1 Å². The molecule has 0 saturated heterocycles. The lowest BCUT2D eigenvalue weighted by Gasteiger charge is -2.37. The summed E-state index contributed by atoms with van der Waals surface area (Å²) in [5.41, 5.74) is -0.924. The lowest BCUT2D eigenvalue weighted by molar-refractivity contribution is -0.385. The van der Waals surface area contributed by atoms with Crippen molar-refractivity contribution in [1.82, 2.24) is 19.1 Å². The summed E-state index contributed by atoms with van der Waals surface area (Å²) >= 11 is 0. The van der Waals surface area contributed by atoms with Gasteiger partial charge in [0, 0.05) is 74.2 Å². The first kappa shape index (κ1) is 44.9. The zero-order chi connectivity index (χ0) is 41.5. The molecule has 3 atom stereocenters. The van der Waals surface area contributed by atoms with Gasteiger partial charge in [-0.1, -0.05) is 41.5 Å². The number of nitro benzene ring substituents is 3. The fraction of sp³-hybridized carbons (Fsp3) is 0.455. The van der Waals surface area contributed by atoms with Gasteiger partial charge in [0.25, 0.3) is 17.1 Å². The number of sulfonamides is 3. The first-order chi connectivity index (χ1) is 25.4. The average molecular weight is 828 g/mol. The first-order valence-corrected chi connectivity index (χ1v) is 21.4. The van der Waals surface area contributed by atoms with Crippen LogP contribution < -0.4 is 14.2 Å². The van der Waals surface area contributed by atoms with Crippen LogP contribution >= 0.6 is 0 Å². The predicted octanol–water partition coefficient (Wildman–Crippen LogP) is 4.02. The minimum absolute atomic E-state index is 0.0607. The fourth-order valence-electron chi connectivity index (χ4n) is 5.25. The summed E-state index contributed by atoms with van der Waals surface area (Å²) in [6, 6.07) is 10.4. The maximum absolute atomic E-state index is 13.5. The van der Waals surface area contributed by atoms with Crippen LogP contribution in [0.2, 0.25) is 0 Å². The lowest BCUT2D eigenvalue weighted by Crippen LogP contribution is -2.55. The molecule has 3 rings (SSSR count). The number of non-ortho nitro benzene ring substituents is 3. The van der Waals surface area contributed by atoms with E-state index in [-0.39, 0.29) is 69.1 Å². The molecule has 22 heteroatoms. The minimum atomic E-state index is -4.25. The summed E-state index contributed by atoms with van der Waals surface area (Å²) in [5.74, 6) is -1.13. The number of hydrogen-bond acceptors (Lipinski definition) is 13. The van der Waals surface area contributed by atoms with Gasteiger partial charge in [-0.15, -0.1) is 0 Å². The Kier molecular flexibility index (Phi) is 15.1. The first-order valence-electron chi connectivity index (χ1n) is 17.0. The molecule has 55 heavy (non-hydrogen) atoms. The third-order valence-electron chi connectivity index (χ3n) is 8.77. The third kappa shape index (κ3) is 12.5. The van der Waals surface area contributed by atoms with E-state index < -0.39 is 63.0 Å². The van der Waals surface area contributed by atoms with Crippen LogP contribution in [0.5, 0.6) is 0 Å². The predicted molar refractivity (Wildman–Crippen MR) is 203 cm³/mol. The van der Waals surface area contributed by atoms with Gasteiger partial charge in [0.15, 0.2) is 0 Å². The lowest BCUT2D eigenvalue weighted by atomic mass is 10.00. The second-order valence-corrected chi connectivity index (χ2v) is 19.0. The maximum Gasteiger partial charge on any atom is 0.269 e. The van der Waals surface area contributed by atoms with E-state index in [4.69, 9.17) is 0 Å². The molecule has 19 nitrogen and oxygen atoms in total. The Labute approximate surface area is 320 Å². The van der Waals surface area contributed by atoms with Crippen molar-refractivity contribution in [3.63, 3.8) is 0 Å². The Morgan fingerprint density at radius 1 is 0.455 bits per heavy atom. The molecular weight excluding hydrogens is 783 g/mol. The molecule has 0 aliphatic rings. The van der Waals surface area contributed by atoms with E-state index in [9.17, 15) is 55.6 Å². The smallest absolute Gasteiger partial charge is 0.269 e. The van der Waals surface area contributed by atoms with Crippen molar-refractivity contribution < 1.29 is 40.0 Å². The Morgan fingerprint density at radius 3 is 0.818 bits per heavy atom. The van der Waals surface area contributed by atoms with Crippen molar-refractivity contribution in [2.24, 2.45) is 17.8 Å². The van der Waals surface area contributed by atoms with E-state index in [0.717, 1.165) is 72.8 Å². The minimum Gasteiger partial charge on any atom is -0.299 e. The number of hydrogen-bond donors (Lipinski definition) is 3. The fourth-order valence-corrected chi connectivity index (χ4v) is 9.38. The Balaban J connectivity index is 2.02. The molecular formula is C33H45N7O12S3. The van der Waals surface area contributed by atoms with Gasteiger partial charge in [-0.05, 0) is 54.2 Å². The molecule has 0 unspecified atom stereocenters. The highest BCUT2D eigenvalue weighted by molar-refractivity contribution is 7.90. The van der Waals surface area contributed by atoms with Crippen LogP contribution in [0.4, 0.5) is 17.1 Å². The van der Waals surface area contributed by atoms with Crippen LogP contribution in [-0.4, -0.2) is 82.7 Å². The molecule has 0 bridgehead atoms. The van der Waals surface area contributed by atoms with E-state index in [2.05, 4.69) is 14.2 Å². The summed E-state index contributed by atoms with van der Waals surface area (Å²) < 4.78 is 89.1. The Morgan fingerprint density at radius 2 is 0.655 bits per heavy atom. The zero-order valence-electron chi connectivity index (χ0n) is 30.9. The molecule has 0 amide bonds. The molecule has 3 aromatic rings. The molecule has 3 aromatic carbocycles. The van der Waals surface area contributed by atoms with Gasteiger partial charge in [0.1, 0.15) is 0 Å². The summed E-state index contributed by atoms with van der Waals surface area (Å²) in [6.45, 7) is 10.3. The van der Waals surface area contributed by atoms with Crippen molar-refractivity contribution in [1.29, 1.82) is 0 Å². The molecule has 3 N–H and O–H groups in total. The standard InChI is InChI=1S/C33H45N7O12S3/c1-22(2)31(34-53(47,48)28-13-7-25(8-14-28)38(41)42)19-37(20-32(23(3)4)35-54(49,50)29-15-9-26(10-16-29)39(43)44)21-33(24(5)6)36-55(51,52)30-17-11-27(12-18-30)40(45)46/h7-18,22-24,31-36H,19-21H2,1-6H3/t31-,32-,33-/m1/s1. The molecule has 0 aromatic heterocycles.